The molecule has 0 aromatic heterocycles. The number of thiocarbonyl (C=S) groups is 1. The first-order chi connectivity index (χ1) is 9.61. The fourth-order valence-corrected chi connectivity index (χ4v) is 2.08. The van der Waals surface area contributed by atoms with Crippen molar-refractivity contribution in [1.82, 2.24) is 0 Å². The molecule has 2 N–H and O–H groups in total. The highest BCUT2D eigenvalue weighted by Crippen LogP contribution is 2.29. The van der Waals surface area contributed by atoms with Gasteiger partial charge >= 0.3 is 0 Å². The number of methoxy groups -OCH3 is 1. The number of rotatable bonds is 5. The van der Waals surface area contributed by atoms with E-state index in [1.54, 1.807) is 13.2 Å². The molecule has 104 valence electrons. The Kier molecular flexibility index (Phi) is 4.58. The van der Waals surface area contributed by atoms with E-state index in [0.29, 0.717) is 22.1 Å². The molecule has 0 bridgehead atoms. The predicted molar refractivity (Wildman–Crippen MR) is 84.4 cm³/mol. The zero-order chi connectivity index (χ0) is 14.5. The molecule has 0 aliphatic heterocycles. The van der Waals surface area contributed by atoms with Gasteiger partial charge in [-0.05, 0) is 24.6 Å². The quantitative estimate of drug-likeness (QED) is 0.855. The summed E-state index contributed by atoms with van der Waals surface area (Å²) < 4.78 is 11.2. The molecule has 0 amide bonds. The van der Waals surface area contributed by atoms with Crippen molar-refractivity contribution >= 4 is 17.2 Å². The average Bonchev–Trinajstić information content (AvgIpc) is 2.47. The SMILES string of the molecule is COc1ccc(C(N)=S)c(OC(C)c2ccccc2)c1. The van der Waals surface area contributed by atoms with Crippen molar-refractivity contribution in [3.8, 4) is 11.5 Å². The number of benzene rings is 2. The third-order valence-corrected chi connectivity index (χ3v) is 3.25. The topological polar surface area (TPSA) is 44.5 Å². The average molecular weight is 287 g/mol. The molecule has 2 aromatic rings. The van der Waals surface area contributed by atoms with E-state index >= 15 is 0 Å². The zero-order valence-corrected chi connectivity index (χ0v) is 12.3. The summed E-state index contributed by atoms with van der Waals surface area (Å²) in [6.07, 6.45) is -0.101. The van der Waals surface area contributed by atoms with Gasteiger partial charge in [-0.3, -0.25) is 0 Å². The first-order valence-electron chi connectivity index (χ1n) is 6.31. The van der Waals surface area contributed by atoms with Crippen LogP contribution in [0.4, 0.5) is 0 Å². The molecule has 2 rings (SSSR count). The third kappa shape index (κ3) is 3.27. The van der Waals surface area contributed by atoms with Crippen molar-refractivity contribution in [2.24, 2.45) is 5.73 Å². The van der Waals surface area contributed by atoms with E-state index in [4.69, 9.17) is 27.4 Å². The molecule has 4 heteroatoms. The van der Waals surface area contributed by atoms with E-state index in [1.165, 1.54) is 0 Å². The van der Waals surface area contributed by atoms with Crippen molar-refractivity contribution in [3.05, 3.63) is 59.7 Å². The Hall–Kier alpha value is -2.07. The summed E-state index contributed by atoms with van der Waals surface area (Å²) in [5, 5.41) is 0. The highest BCUT2D eigenvalue weighted by molar-refractivity contribution is 7.80. The molecule has 0 aliphatic carbocycles. The van der Waals surface area contributed by atoms with E-state index < -0.39 is 0 Å². The van der Waals surface area contributed by atoms with E-state index in [9.17, 15) is 0 Å². The van der Waals surface area contributed by atoms with Crippen molar-refractivity contribution in [3.63, 3.8) is 0 Å². The van der Waals surface area contributed by atoms with Crippen LogP contribution in [0.15, 0.2) is 48.5 Å². The van der Waals surface area contributed by atoms with Gasteiger partial charge in [0.2, 0.25) is 0 Å². The Balaban J connectivity index is 2.29. The summed E-state index contributed by atoms with van der Waals surface area (Å²) in [4.78, 5) is 0.308. The Morgan fingerprint density at radius 2 is 1.85 bits per heavy atom. The molecular formula is C16H17NO2S. The normalized spacial score (nSPS) is 11.7. The third-order valence-electron chi connectivity index (χ3n) is 3.03. The predicted octanol–water partition coefficient (Wildman–Crippen LogP) is 3.47. The van der Waals surface area contributed by atoms with Crippen molar-refractivity contribution in [2.45, 2.75) is 13.0 Å². The number of ether oxygens (including phenoxy) is 2. The molecule has 2 aromatic carbocycles. The molecule has 0 spiro atoms. The standard InChI is InChI=1S/C16H17NO2S/c1-11(12-6-4-3-5-7-12)19-15-10-13(18-2)8-9-14(15)16(17)20/h3-11H,1-2H3,(H2,17,20). The first kappa shape index (κ1) is 14.3. The van der Waals surface area contributed by atoms with Crippen LogP contribution in [0.5, 0.6) is 11.5 Å². The summed E-state index contributed by atoms with van der Waals surface area (Å²) in [7, 11) is 1.61. The van der Waals surface area contributed by atoms with Gasteiger partial charge < -0.3 is 15.2 Å². The fourth-order valence-electron chi connectivity index (χ4n) is 1.91. The number of hydrogen-bond donors (Lipinski definition) is 1. The van der Waals surface area contributed by atoms with Crippen LogP contribution in [-0.2, 0) is 0 Å². The largest absolute Gasteiger partial charge is 0.497 e. The molecule has 0 radical (unpaired) electrons. The smallest absolute Gasteiger partial charge is 0.134 e. The van der Waals surface area contributed by atoms with Crippen LogP contribution in [0.2, 0.25) is 0 Å². The Bertz CT molecular complexity index is 599. The lowest BCUT2D eigenvalue weighted by Crippen LogP contribution is -2.13. The molecule has 0 heterocycles. The molecule has 3 nitrogen and oxygen atoms in total. The maximum Gasteiger partial charge on any atom is 0.134 e. The lowest BCUT2D eigenvalue weighted by molar-refractivity contribution is 0.225. The van der Waals surface area contributed by atoms with E-state index in [0.717, 1.165) is 5.56 Å². The second-order valence-electron chi connectivity index (χ2n) is 4.40. The Morgan fingerprint density at radius 3 is 2.45 bits per heavy atom. The van der Waals surface area contributed by atoms with E-state index in [1.807, 2.05) is 49.4 Å². The molecule has 0 fully saturated rings. The van der Waals surface area contributed by atoms with Crippen molar-refractivity contribution < 1.29 is 9.47 Å². The van der Waals surface area contributed by atoms with Crippen molar-refractivity contribution in [1.29, 1.82) is 0 Å². The molecule has 1 atom stereocenters. The van der Waals surface area contributed by atoms with Gasteiger partial charge in [0.15, 0.2) is 0 Å². The van der Waals surface area contributed by atoms with Gasteiger partial charge in [0.1, 0.15) is 22.6 Å². The van der Waals surface area contributed by atoms with Crippen LogP contribution >= 0.6 is 12.2 Å². The Labute approximate surface area is 124 Å². The Morgan fingerprint density at radius 1 is 1.15 bits per heavy atom. The highest BCUT2D eigenvalue weighted by Gasteiger charge is 2.13. The molecule has 1 unspecified atom stereocenters. The summed E-state index contributed by atoms with van der Waals surface area (Å²) >= 11 is 5.06. The van der Waals surface area contributed by atoms with Gasteiger partial charge in [0.05, 0.1) is 12.7 Å². The van der Waals surface area contributed by atoms with Gasteiger partial charge in [-0.15, -0.1) is 0 Å². The van der Waals surface area contributed by atoms with Gasteiger partial charge in [0.25, 0.3) is 0 Å². The minimum absolute atomic E-state index is 0.101. The van der Waals surface area contributed by atoms with Crippen LogP contribution in [0.1, 0.15) is 24.2 Å². The van der Waals surface area contributed by atoms with Crippen molar-refractivity contribution in [2.75, 3.05) is 7.11 Å². The number of nitrogens with two attached hydrogens (primary N) is 1. The molecule has 0 saturated carbocycles. The highest BCUT2D eigenvalue weighted by atomic mass is 32.1. The van der Waals surface area contributed by atoms with Crippen LogP contribution in [0.25, 0.3) is 0 Å². The lowest BCUT2D eigenvalue weighted by Gasteiger charge is -2.18. The summed E-state index contributed by atoms with van der Waals surface area (Å²) in [6, 6.07) is 15.4. The first-order valence-corrected chi connectivity index (χ1v) is 6.72. The van der Waals surface area contributed by atoms with Crippen LogP contribution in [0, 0.1) is 0 Å². The maximum absolute atomic E-state index is 5.99. The van der Waals surface area contributed by atoms with Gasteiger partial charge in [-0.25, -0.2) is 0 Å². The second-order valence-corrected chi connectivity index (χ2v) is 4.84. The van der Waals surface area contributed by atoms with Crippen LogP contribution in [0.3, 0.4) is 0 Å². The minimum atomic E-state index is -0.101. The second kappa shape index (κ2) is 6.39. The fraction of sp³-hybridized carbons (Fsp3) is 0.188. The van der Waals surface area contributed by atoms with E-state index in [2.05, 4.69) is 0 Å². The van der Waals surface area contributed by atoms with Crippen LogP contribution < -0.4 is 15.2 Å². The summed E-state index contributed by atoms with van der Waals surface area (Å²) in [5.74, 6) is 1.34. The summed E-state index contributed by atoms with van der Waals surface area (Å²) in [5.41, 5.74) is 7.53. The maximum atomic E-state index is 5.99. The lowest BCUT2D eigenvalue weighted by atomic mass is 10.1. The van der Waals surface area contributed by atoms with Crippen LogP contribution in [-0.4, -0.2) is 12.1 Å². The molecule has 0 saturated heterocycles. The molecular weight excluding hydrogens is 270 g/mol. The molecule has 20 heavy (non-hydrogen) atoms. The van der Waals surface area contributed by atoms with E-state index in [-0.39, 0.29) is 6.10 Å². The van der Waals surface area contributed by atoms with Gasteiger partial charge in [-0.2, -0.15) is 0 Å². The monoisotopic (exact) mass is 287 g/mol. The zero-order valence-electron chi connectivity index (χ0n) is 11.5. The number of hydrogen-bond acceptors (Lipinski definition) is 3. The van der Waals surface area contributed by atoms with Gasteiger partial charge in [-0.1, -0.05) is 42.5 Å². The van der Waals surface area contributed by atoms with Gasteiger partial charge in [0, 0.05) is 6.07 Å². The summed E-state index contributed by atoms with van der Waals surface area (Å²) in [6.45, 7) is 1.98. The molecule has 0 aliphatic rings. The minimum Gasteiger partial charge on any atom is -0.497 e.